The first-order valence-electron chi connectivity index (χ1n) is 11.0. The van der Waals surface area contributed by atoms with Crippen molar-refractivity contribution in [3.05, 3.63) is 72.8 Å². The summed E-state index contributed by atoms with van der Waals surface area (Å²) in [5.41, 5.74) is 4.15. The highest BCUT2D eigenvalue weighted by atomic mass is 15.3. The van der Waals surface area contributed by atoms with E-state index < -0.39 is 0 Å². The van der Waals surface area contributed by atoms with Crippen molar-refractivity contribution in [2.45, 2.75) is 6.42 Å². The lowest BCUT2D eigenvalue weighted by Crippen LogP contribution is -2.44. The molecule has 0 radical (unpaired) electrons. The van der Waals surface area contributed by atoms with Crippen molar-refractivity contribution in [2.75, 3.05) is 50.0 Å². The Hall–Kier alpha value is -3.58. The molecule has 3 aromatic heterocycles. The first kappa shape index (κ1) is 20.3. The van der Waals surface area contributed by atoms with E-state index in [0.717, 1.165) is 67.6 Å². The summed E-state index contributed by atoms with van der Waals surface area (Å²) in [6.07, 6.45) is 6.22. The Balaban J connectivity index is 1.23. The van der Waals surface area contributed by atoms with Gasteiger partial charge in [0.05, 0.1) is 11.2 Å². The van der Waals surface area contributed by atoms with Crippen molar-refractivity contribution < 1.29 is 0 Å². The van der Waals surface area contributed by atoms with Crippen LogP contribution in [0.15, 0.2) is 67.3 Å². The molecule has 1 saturated heterocycles. The van der Waals surface area contributed by atoms with Crippen LogP contribution < -0.4 is 10.2 Å². The Labute approximate surface area is 188 Å². The molecule has 7 heteroatoms. The average Bonchev–Trinajstić information content (AvgIpc) is 2.85. The number of piperazine rings is 1. The summed E-state index contributed by atoms with van der Waals surface area (Å²) in [6, 6.07) is 16.5. The van der Waals surface area contributed by atoms with E-state index in [1.165, 1.54) is 10.9 Å². The highest BCUT2D eigenvalue weighted by Crippen LogP contribution is 2.22. The third kappa shape index (κ3) is 4.53. The van der Waals surface area contributed by atoms with E-state index in [1.54, 1.807) is 6.33 Å². The standard InChI is InChI=1S/C25H27N7/c1-31-12-14-32(15-13-31)24-8-7-21(17-28-24)22-16-23(30-18-29-22)26-11-9-20-5-2-4-19-6-3-10-27-25(19)20/h2-8,10,16-18H,9,11-15H2,1H3,(H,26,29,30). The number of rotatable bonds is 6. The van der Waals surface area contributed by atoms with Gasteiger partial charge in [0.25, 0.3) is 0 Å². The van der Waals surface area contributed by atoms with Gasteiger partial charge in [-0.05, 0) is 37.2 Å². The predicted octanol–water partition coefficient (Wildman–Crippen LogP) is 3.49. The minimum Gasteiger partial charge on any atom is -0.370 e. The number of anilines is 2. The number of para-hydroxylation sites is 1. The van der Waals surface area contributed by atoms with Gasteiger partial charge < -0.3 is 15.1 Å². The van der Waals surface area contributed by atoms with Gasteiger partial charge in [0.1, 0.15) is 18.0 Å². The average molecular weight is 426 g/mol. The zero-order valence-corrected chi connectivity index (χ0v) is 18.3. The number of nitrogens with zero attached hydrogens (tertiary/aromatic N) is 6. The molecule has 1 aliphatic rings. The number of hydrogen-bond donors (Lipinski definition) is 1. The third-order valence-corrected chi connectivity index (χ3v) is 5.95. The lowest BCUT2D eigenvalue weighted by molar-refractivity contribution is 0.312. The summed E-state index contributed by atoms with van der Waals surface area (Å²) >= 11 is 0. The van der Waals surface area contributed by atoms with Crippen LogP contribution in [0.25, 0.3) is 22.2 Å². The van der Waals surface area contributed by atoms with E-state index in [4.69, 9.17) is 0 Å². The van der Waals surface area contributed by atoms with Gasteiger partial charge in [0.15, 0.2) is 0 Å². The SMILES string of the molecule is CN1CCN(c2ccc(-c3cc(NCCc4cccc5cccnc45)ncn3)cn2)CC1. The Kier molecular flexibility index (Phi) is 5.89. The zero-order valence-electron chi connectivity index (χ0n) is 18.3. The molecule has 4 aromatic rings. The van der Waals surface area contributed by atoms with Crippen LogP contribution in [0.1, 0.15) is 5.56 Å². The molecular weight excluding hydrogens is 398 g/mol. The van der Waals surface area contributed by atoms with Gasteiger partial charge in [-0.1, -0.05) is 24.3 Å². The summed E-state index contributed by atoms with van der Waals surface area (Å²) in [5.74, 6) is 1.84. The van der Waals surface area contributed by atoms with Crippen molar-refractivity contribution in [2.24, 2.45) is 0 Å². The number of pyridine rings is 2. The number of fused-ring (bicyclic) bond motifs is 1. The molecule has 1 aliphatic heterocycles. The molecule has 0 bridgehead atoms. The highest BCUT2D eigenvalue weighted by molar-refractivity contribution is 5.81. The van der Waals surface area contributed by atoms with Crippen molar-refractivity contribution >= 4 is 22.5 Å². The minimum absolute atomic E-state index is 0.771. The number of aromatic nitrogens is 4. The van der Waals surface area contributed by atoms with Gasteiger partial charge in [0.2, 0.25) is 0 Å². The molecule has 0 unspecified atom stereocenters. The molecule has 5 rings (SSSR count). The van der Waals surface area contributed by atoms with Gasteiger partial charge in [-0.2, -0.15) is 0 Å². The van der Waals surface area contributed by atoms with Gasteiger partial charge in [-0.15, -0.1) is 0 Å². The van der Waals surface area contributed by atoms with E-state index in [2.05, 4.69) is 78.5 Å². The molecule has 0 spiro atoms. The van der Waals surface area contributed by atoms with Crippen LogP contribution in [-0.4, -0.2) is 64.6 Å². The van der Waals surface area contributed by atoms with Gasteiger partial charge >= 0.3 is 0 Å². The first-order chi connectivity index (χ1) is 15.8. The molecule has 0 amide bonds. The summed E-state index contributed by atoms with van der Waals surface area (Å²) in [6.45, 7) is 4.93. The van der Waals surface area contributed by atoms with Crippen LogP contribution in [0.3, 0.4) is 0 Å². The van der Waals surface area contributed by atoms with E-state index >= 15 is 0 Å². The van der Waals surface area contributed by atoms with Crippen molar-refractivity contribution in [1.29, 1.82) is 0 Å². The maximum absolute atomic E-state index is 4.68. The van der Waals surface area contributed by atoms with Crippen LogP contribution in [0.2, 0.25) is 0 Å². The van der Waals surface area contributed by atoms with Gasteiger partial charge in [-0.3, -0.25) is 4.98 Å². The molecule has 32 heavy (non-hydrogen) atoms. The second-order valence-corrected chi connectivity index (χ2v) is 8.15. The summed E-state index contributed by atoms with van der Waals surface area (Å²) in [7, 11) is 2.16. The number of nitrogens with one attached hydrogen (secondary N) is 1. The Morgan fingerprint density at radius 3 is 2.62 bits per heavy atom. The highest BCUT2D eigenvalue weighted by Gasteiger charge is 2.15. The second kappa shape index (κ2) is 9.28. The lowest BCUT2D eigenvalue weighted by Gasteiger charge is -2.33. The maximum atomic E-state index is 4.68. The summed E-state index contributed by atoms with van der Waals surface area (Å²) < 4.78 is 0. The Morgan fingerprint density at radius 2 is 1.78 bits per heavy atom. The smallest absolute Gasteiger partial charge is 0.129 e. The van der Waals surface area contributed by atoms with Crippen molar-refractivity contribution in [3.63, 3.8) is 0 Å². The molecule has 4 heterocycles. The van der Waals surface area contributed by atoms with Crippen LogP contribution in [0.5, 0.6) is 0 Å². The monoisotopic (exact) mass is 425 g/mol. The van der Waals surface area contributed by atoms with Crippen LogP contribution in [-0.2, 0) is 6.42 Å². The third-order valence-electron chi connectivity index (χ3n) is 5.95. The van der Waals surface area contributed by atoms with E-state index in [0.29, 0.717) is 0 Å². The van der Waals surface area contributed by atoms with Crippen molar-refractivity contribution in [3.8, 4) is 11.3 Å². The number of hydrogen-bond acceptors (Lipinski definition) is 7. The quantitative estimate of drug-likeness (QED) is 0.507. The van der Waals surface area contributed by atoms with Crippen LogP contribution >= 0.6 is 0 Å². The normalized spacial score (nSPS) is 14.6. The second-order valence-electron chi connectivity index (χ2n) is 8.15. The molecule has 1 N–H and O–H groups in total. The largest absolute Gasteiger partial charge is 0.370 e. The number of likely N-dealkylation sites (N-methyl/N-ethyl adjacent to an activating group) is 1. The zero-order chi connectivity index (χ0) is 21.8. The van der Waals surface area contributed by atoms with E-state index in [-0.39, 0.29) is 0 Å². The fraction of sp³-hybridized carbons (Fsp3) is 0.280. The molecule has 1 fully saturated rings. The Morgan fingerprint density at radius 1 is 0.906 bits per heavy atom. The topological polar surface area (TPSA) is 70.1 Å². The van der Waals surface area contributed by atoms with Crippen LogP contribution in [0, 0.1) is 0 Å². The van der Waals surface area contributed by atoms with Crippen LogP contribution in [0.4, 0.5) is 11.6 Å². The molecule has 162 valence electrons. The fourth-order valence-corrected chi connectivity index (χ4v) is 4.07. The Bertz CT molecular complexity index is 1180. The molecule has 0 atom stereocenters. The molecule has 0 aliphatic carbocycles. The number of benzene rings is 1. The van der Waals surface area contributed by atoms with Crippen molar-refractivity contribution in [1.82, 2.24) is 24.8 Å². The molecule has 1 aromatic carbocycles. The maximum Gasteiger partial charge on any atom is 0.129 e. The molecule has 0 saturated carbocycles. The first-order valence-corrected chi connectivity index (χ1v) is 11.0. The molecule has 7 nitrogen and oxygen atoms in total. The fourth-order valence-electron chi connectivity index (χ4n) is 4.07. The van der Waals surface area contributed by atoms with E-state index in [9.17, 15) is 0 Å². The summed E-state index contributed by atoms with van der Waals surface area (Å²) in [5, 5.41) is 4.59. The lowest BCUT2D eigenvalue weighted by atomic mass is 10.1. The molecular formula is C25H27N7. The van der Waals surface area contributed by atoms with Gasteiger partial charge in [-0.25, -0.2) is 15.0 Å². The van der Waals surface area contributed by atoms with Gasteiger partial charge in [0, 0.05) is 62.1 Å². The summed E-state index contributed by atoms with van der Waals surface area (Å²) in [4.78, 5) is 22.7. The van der Waals surface area contributed by atoms with E-state index in [1.807, 2.05) is 24.5 Å². The predicted molar refractivity (Wildman–Crippen MR) is 129 cm³/mol. The minimum atomic E-state index is 0.771.